The van der Waals surface area contributed by atoms with Crippen molar-refractivity contribution in [3.05, 3.63) is 42.2 Å². The summed E-state index contributed by atoms with van der Waals surface area (Å²) < 4.78 is 52.0. The molecule has 0 unspecified atom stereocenters. The monoisotopic (exact) mass is 355 g/mol. The highest BCUT2D eigenvalue weighted by molar-refractivity contribution is 5.59. The van der Waals surface area contributed by atoms with Crippen LogP contribution in [-0.4, -0.2) is 44.1 Å². The topological polar surface area (TPSA) is 34.8 Å². The predicted molar refractivity (Wildman–Crippen MR) is 86.4 cm³/mol. The zero-order valence-corrected chi connectivity index (χ0v) is 13.7. The van der Waals surface area contributed by atoms with E-state index in [0.717, 1.165) is 51.4 Å². The lowest BCUT2D eigenvalue weighted by Crippen LogP contribution is -2.36. The van der Waals surface area contributed by atoms with E-state index >= 15 is 0 Å². The van der Waals surface area contributed by atoms with E-state index in [9.17, 15) is 13.2 Å². The number of alkyl halides is 3. The van der Waals surface area contributed by atoms with Crippen molar-refractivity contribution in [3.8, 4) is 17.1 Å². The quantitative estimate of drug-likeness (QED) is 0.781. The highest BCUT2D eigenvalue weighted by atomic mass is 19.4. The first-order valence-corrected chi connectivity index (χ1v) is 8.25. The van der Waals surface area contributed by atoms with Crippen molar-refractivity contribution >= 4 is 0 Å². The molecule has 25 heavy (non-hydrogen) atoms. The number of furan rings is 1. The second-order valence-corrected chi connectivity index (χ2v) is 5.90. The molecule has 7 heteroatoms. The fraction of sp³-hybridized carbons (Fsp3) is 0.444. The Morgan fingerprint density at radius 2 is 1.88 bits per heavy atom. The average Bonchev–Trinajstić information content (AvgIpc) is 3.03. The molecule has 4 nitrogen and oxygen atoms in total. The Hall–Kier alpha value is -1.99. The Bertz CT molecular complexity index is 678. The molecule has 136 valence electrons. The summed E-state index contributed by atoms with van der Waals surface area (Å²) in [4.78, 5) is 2.35. The smallest absolute Gasteiger partial charge is 0.461 e. The molecular weight excluding hydrogens is 335 g/mol. The molecule has 0 radical (unpaired) electrons. The van der Waals surface area contributed by atoms with Crippen molar-refractivity contribution in [2.45, 2.75) is 19.2 Å². The van der Waals surface area contributed by atoms with Crippen LogP contribution in [0.25, 0.3) is 11.3 Å². The summed E-state index contributed by atoms with van der Waals surface area (Å²) in [5, 5.41) is 0. The third-order valence-electron chi connectivity index (χ3n) is 4.02. The summed E-state index contributed by atoms with van der Waals surface area (Å²) in [7, 11) is 0. The number of halogens is 3. The Morgan fingerprint density at radius 1 is 1.08 bits per heavy atom. The van der Waals surface area contributed by atoms with Crippen LogP contribution in [0.1, 0.15) is 12.2 Å². The molecule has 0 spiro atoms. The van der Waals surface area contributed by atoms with E-state index < -0.39 is 6.36 Å². The van der Waals surface area contributed by atoms with Gasteiger partial charge in [0.2, 0.25) is 0 Å². The van der Waals surface area contributed by atoms with Crippen molar-refractivity contribution in [1.29, 1.82) is 0 Å². The highest BCUT2D eigenvalue weighted by Crippen LogP contribution is 2.29. The van der Waals surface area contributed by atoms with E-state index in [1.807, 2.05) is 6.07 Å². The standard InChI is InChI=1S/C18H20F3NO3/c19-18(20,21)25-16-4-1-3-14(13-16)17-7-6-15(24-17)5-2-8-22-9-11-23-12-10-22/h1,3-4,6-7,13H,2,5,8-12H2. The Balaban J connectivity index is 1.56. The van der Waals surface area contributed by atoms with Crippen molar-refractivity contribution < 1.29 is 27.1 Å². The average molecular weight is 355 g/mol. The molecular formula is C18H20F3NO3. The molecule has 3 rings (SSSR count). The van der Waals surface area contributed by atoms with Gasteiger partial charge in [0.05, 0.1) is 13.2 Å². The number of rotatable bonds is 6. The second kappa shape index (κ2) is 7.93. The minimum Gasteiger partial charge on any atom is -0.461 e. The van der Waals surface area contributed by atoms with Gasteiger partial charge >= 0.3 is 6.36 Å². The zero-order valence-electron chi connectivity index (χ0n) is 13.7. The molecule has 0 aliphatic carbocycles. The minimum atomic E-state index is -4.70. The summed E-state index contributed by atoms with van der Waals surface area (Å²) in [6.45, 7) is 4.45. The summed E-state index contributed by atoms with van der Waals surface area (Å²) in [6, 6.07) is 9.44. The molecule has 1 saturated heterocycles. The molecule has 0 atom stereocenters. The minimum absolute atomic E-state index is 0.254. The Kier molecular flexibility index (Phi) is 5.65. The largest absolute Gasteiger partial charge is 0.573 e. The molecule has 0 N–H and O–H groups in total. The van der Waals surface area contributed by atoms with Gasteiger partial charge in [0, 0.05) is 25.1 Å². The molecule has 0 saturated carbocycles. The van der Waals surface area contributed by atoms with Crippen LogP contribution in [0.2, 0.25) is 0 Å². The zero-order chi connectivity index (χ0) is 17.7. The van der Waals surface area contributed by atoms with E-state index in [4.69, 9.17) is 9.15 Å². The summed E-state index contributed by atoms with van der Waals surface area (Å²) in [6.07, 6.45) is -2.95. The van der Waals surface area contributed by atoms with Crippen LogP contribution >= 0.6 is 0 Å². The van der Waals surface area contributed by atoms with Gasteiger partial charge in [-0.05, 0) is 37.2 Å². The van der Waals surface area contributed by atoms with E-state index in [2.05, 4.69) is 9.64 Å². The fourth-order valence-electron chi connectivity index (χ4n) is 2.82. The first-order valence-electron chi connectivity index (χ1n) is 8.25. The van der Waals surface area contributed by atoms with Crippen LogP contribution in [0, 0.1) is 0 Å². The van der Waals surface area contributed by atoms with Gasteiger partial charge in [-0.1, -0.05) is 12.1 Å². The summed E-state index contributed by atoms with van der Waals surface area (Å²) >= 11 is 0. The number of hydrogen-bond donors (Lipinski definition) is 0. The summed E-state index contributed by atoms with van der Waals surface area (Å²) in [5.41, 5.74) is 0.557. The maximum absolute atomic E-state index is 12.3. The predicted octanol–water partition coefficient (Wildman–Crippen LogP) is 4.11. The van der Waals surface area contributed by atoms with E-state index in [-0.39, 0.29) is 5.75 Å². The van der Waals surface area contributed by atoms with Crippen LogP contribution in [0.5, 0.6) is 5.75 Å². The molecule has 1 aliphatic rings. The van der Waals surface area contributed by atoms with Gasteiger partial charge in [-0.3, -0.25) is 4.90 Å². The first-order chi connectivity index (χ1) is 12.0. The number of aryl methyl sites for hydroxylation is 1. The third-order valence-corrected chi connectivity index (χ3v) is 4.02. The molecule has 1 aromatic heterocycles. The Morgan fingerprint density at radius 3 is 2.64 bits per heavy atom. The van der Waals surface area contributed by atoms with Gasteiger partial charge < -0.3 is 13.9 Å². The lowest BCUT2D eigenvalue weighted by atomic mass is 10.1. The van der Waals surface area contributed by atoms with Crippen LogP contribution in [-0.2, 0) is 11.2 Å². The third kappa shape index (κ3) is 5.51. The molecule has 2 aromatic rings. The highest BCUT2D eigenvalue weighted by Gasteiger charge is 2.31. The van der Waals surface area contributed by atoms with Gasteiger partial charge in [0.15, 0.2) is 0 Å². The maximum Gasteiger partial charge on any atom is 0.573 e. The fourth-order valence-corrected chi connectivity index (χ4v) is 2.82. The van der Waals surface area contributed by atoms with Gasteiger partial charge in [-0.15, -0.1) is 13.2 Å². The molecule has 1 fully saturated rings. The van der Waals surface area contributed by atoms with Crippen LogP contribution in [0.15, 0.2) is 40.8 Å². The number of nitrogens with zero attached hydrogens (tertiary/aromatic N) is 1. The van der Waals surface area contributed by atoms with E-state index in [0.29, 0.717) is 11.3 Å². The first kappa shape index (κ1) is 17.8. The van der Waals surface area contributed by atoms with Gasteiger partial charge in [0.1, 0.15) is 17.3 Å². The molecule has 0 bridgehead atoms. The van der Waals surface area contributed by atoms with Crippen molar-refractivity contribution in [2.24, 2.45) is 0 Å². The SMILES string of the molecule is FC(F)(F)Oc1cccc(-c2ccc(CCCN3CCOCC3)o2)c1. The number of morpholine rings is 1. The normalized spacial score (nSPS) is 16.1. The number of benzene rings is 1. The molecule has 0 amide bonds. The Labute approximate surface area is 144 Å². The summed E-state index contributed by atoms with van der Waals surface area (Å²) in [5.74, 6) is 1.11. The second-order valence-electron chi connectivity index (χ2n) is 5.90. The van der Waals surface area contributed by atoms with Crippen LogP contribution < -0.4 is 4.74 Å². The van der Waals surface area contributed by atoms with Crippen LogP contribution in [0.3, 0.4) is 0 Å². The molecule has 1 aromatic carbocycles. The molecule has 1 aliphatic heterocycles. The van der Waals surface area contributed by atoms with Gasteiger partial charge in [0.25, 0.3) is 0 Å². The van der Waals surface area contributed by atoms with Crippen molar-refractivity contribution in [2.75, 3.05) is 32.8 Å². The van der Waals surface area contributed by atoms with Crippen LogP contribution in [0.4, 0.5) is 13.2 Å². The maximum atomic E-state index is 12.3. The number of ether oxygens (including phenoxy) is 2. The van der Waals surface area contributed by atoms with Crippen molar-refractivity contribution in [1.82, 2.24) is 4.90 Å². The lowest BCUT2D eigenvalue weighted by Gasteiger charge is -2.26. The van der Waals surface area contributed by atoms with E-state index in [1.54, 1.807) is 12.1 Å². The van der Waals surface area contributed by atoms with Crippen molar-refractivity contribution in [3.63, 3.8) is 0 Å². The number of hydrogen-bond acceptors (Lipinski definition) is 4. The van der Waals surface area contributed by atoms with Gasteiger partial charge in [-0.2, -0.15) is 0 Å². The lowest BCUT2D eigenvalue weighted by molar-refractivity contribution is -0.274. The van der Waals surface area contributed by atoms with E-state index in [1.165, 1.54) is 18.2 Å². The van der Waals surface area contributed by atoms with Gasteiger partial charge in [-0.25, -0.2) is 0 Å². The molecule has 2 heterocycles.